The Hall–Kier alpha value is -2.01. The average molecular weight is 300 g/mol. The molecule has 2 amide bonds. The molecule has 0 saturated heterocycles. The monoisotopic (exact) mass is 300 g/mol. The van der Waals surface area contributed by atoms with Gasteiger partial charge in [0.2, 0.25) is 5.91 Å². The summed E-state index contributed by atoms with van der Waals surface area (Å²) in [6, 6.07) is 10.9. The van der Waals surface area contributed by atoms with Gasteiger partial charge in [0.15, 0.2) is 0 Å². The number of carbonyl (C=O) groups excluding carboxylic acids is 2. The van der Waals surface area contributed by atoms with Gasteiger partial charge in [-0.1, -0.05) is 30.3 Å². The van der Waals surface area contributed by atoms with E-state index in [0.717, 1.165) is 16.5 Å². The lowest BCUT2D eigenvalue weighted by Gasteiger charge is -2.13. The third-order valence-corrected chi connectivity index (χ3v) is 4.30. The Labute approximate surface area is 127 Å². The first kappa shape index (κ1) is 13.9. The number of carbonyl (C=O) groups is 2. The number of benzene rings is 2. The van der Waals surface area contributed by atoms with Gasteiger partial charge in [0.1, 0.15) is 6.04 Å². The van der Waals surface area contributed by atoms with Crippen molar-refractivity contribution in [2.45, 2.75) is 12.5 Å². The zero-order chi connectivity index (χ0) is 14.8. The molecule has 1 aliphatic rings. The molecular weight excluding hydrogens is 284 g/mol. The van der Waals surface area contributed by atoms with Gasteiger partial charge in [-0.15, -0.1) is 0 Å². The van der Waals surface area contributed by atoms with Gasteiger partial charge in [0.05, 0.1) is 11.3 Å². The molecule has 1 aliphatic heterocycles. The molecule has 1 atom stereocenters. The van der Waals surface area contributed by atoms with Crippen LogP contribution in [0.2, 0.25) is 0 Å². The van der Waals surface area contributed by atoms with Gasteiger partial charge < -0.3 is 10.6 Å². The van der Waals surface area contributed by atoms with Crippen LogP contribution in [0.15, 0.2) is 36.4 Å². The molecule has 4 nitrogen and oxygen atoms in total. The molecule has 3 rings (SSSR count). The van der Waals surface area contributed by atoms with Gasteiger partial charge in [0.25, 0.3) is 5.91 Å². The van der Waals surface area contributed by atoms with Crippen LogP contribution in [0.3, 0.4) is 0 Å². The van der Waals surface area contributed by atoms with E-state index in [1.54, 1.807) is 17.8 Å². The van der Waals surface area contributed by atoms with Crippen molar-refractivity contribution in [3.05, 3.63) is 42.0 Å². The number of fused-ring (bicyclic) bond motifs is 3. The molecule has 0 radical (unpaired) electrons. The maximum absolute atomic E-state index is 12.4. The Balaban J connectivity index is 2.05. The number of hydrogen-bond acceptors (Lipinski definition) is 3. The fourth-order valence-corrected chi connectivity index (χ4v) is 3.02. The summed E-state index contributed by atoms with van der Waals surface area (Å²) in [5.74, 6) is 0.489. The van der Waals surface area contributed by atoms with Gasteiger partial charge in [-0.25, -0.2) is 0 Å². The number of hydrogen-bond donors (Lipinski definition) is 2. The van der Waals surface area contributed by atoms with Crippen molar-refractivity contribution in [3.63, 3.8) is 0 Å². The minimum atomic E-state index is -0.476. The van der Waals surface area contributed by atoms with E-state index in [1.807, 2.05) is 36.6 Å². The highest BCUT2D eigenvalue weighted by Gasteiger charge is 2.28. The molecule has 2 N–H and O–H groups in total. The van der Waals surface area contributed by atoms with Crippen LogP contribution in [0, 0.1) is 0 Å². The van der Waals surface area contributed by atoms with Gasteiger partial charge in [0, 0.05) is 5.39 Å². The molecule has 1 heterocycles. The van der Waals surface area contributed by atoms with E-state index >= 15 is 0 Å². The maximum Gasteiger partial charge on any atom is 0.254 e. The molecule has 5 heteroatoms. The van der Waals surface area contributed by atoms with E-state index in [-0.39, 0.29) is 11.8 Å². The first-order valence-electron chi connectivity index (χ1n) is 6.83. The van der Waals surface area contributed by atoms with Crippen molar-refractivity contribution >= 4 is 40.0 Å². The smallest absolute Gasteiger partial charge is 0.254 e. The van der Waals surface area contributed by atoms with Gasteiger partial charge >= 0.3 is 0 Å². The van der Waals surface area contributed by atoms with Crippen molar-refractivity contribution < 1.29 is 9.59 Å². The van der Waals surface area contributed by atoms with Crippen molar-refractivity contribution in [2.75, 3.05) is 17.3 Å². The maximum atomic E-state index is 12.4. The molecule has 0 fully saturated rings. The van der Waals surface area contributed by atoms with Gasteiger partial charge in [-0.3, -0.25) is 9.59 Å². The number of thioether (sulfide) groups is 1. The molecule has 1 unspecified atom stereocenters. The summed E-state index contributed by atoms with van der Waals surface area (Å²) in [5, 5.41) is 7.64. The minimum absolute atomic E-state index is 0.146. The van der Waals surface area contributed by atoms with Crippen LogP contribution >= 0.6 is 11.8 Å². The second kappa shape index (κ2) is 5.77. The van der Waals surface area contributed by atoms with Crippen LogP contribution < -0.4 is 10.6 Å². The first-order valence-corrected chi connectivity index (χ1v) is 8.22. The first-order chi connectivity index (χ1) is 10.2. The van der Waals surface area contributed by atoms with E-state index in [4.69, 9.17) is 0 Å². The van der Waals surface area contributed by atoms with E-state index < -0.39 is 6.04 Å². The summed E-state index contributed by atoms with van der Waals surface area (Å²) >= 11 is 1.66. The summed E-state index contributed by atoms with van der Waals surface area (Å²) in [5.41, 5.74) is 1.14. The summed E-state index contributed by atoms with van der Waals surface area (Å²) in [6.07, 6.45) is 2.61. The summed E-state index contributed by atoms with van der Waals surface area (Å²) in [4.78, 5) is 24.7. The van der Waals surface area contributed by atoms with Crippen molar-refractivity contribution in [2.24, 2.45) is 0 Å². The highest BCUT2D eigenvalue weighted by molar-refractivity contribution is 7.98. The zero-order valence-corrected chi connectivity index (χ0v) is 12.5. The number of nitrogens with one attached hydrogen (secondary N) is 2. The molecule has 0 aliphatic carbocycles. The lowest BCUT2D eigenvalue weighted by Crippen LogP contribution is -2.41. The Kier molecular flexibility index (Phi) is 3.84. The standard InChI is InChI=1S/C16H16N2O2S/c1-21-9-8-13-16(20)18-14-11-5-3-2-4-10(11)6-7-12(14)15(19)17-13/h2-7,13H,8-9H2,1H3,(H,17,19)(H,18,20). The van der Waals surface area contributed by atoms with Crippen LogP contribution in [0.4, 0.5) is 5.69 Å². The van der Waals surface area contributed by atoms with Crippen molar-refractivity contribution in [3.8, 4) is 0 Å². The largest absolute Gasteiger partial charge is 0.340 e. The quantitative estimate of drug-likeness (QED) is 0.916. The zero-order valence-electron chi connectivity index (χ0n) is 11.7. The number of anilines is 1. The van der Waals surface area contributed by atoms with Crippen LogP contribution in [-0.4, -0.2) is 29.9 Å². The summed E-state index contributed by atoms with van der Waals surface area (Å²) in [7, 11) is 0. The summed E-state index contributed by atoms with van der Waals surface area (Å²) < 4.78 is 0. The highest BCUT2D eigenvalue weighted by Crippen LogP contribution is 2.29. The molecule has 2 aromatic carbocycles. The van der Waals surface area contributed by atoms with Gasteiger partial charge in [-0.05, 0) is 29.9 Å². The normalized spacial score (nSPS) is 17.9. The Morgan fingerprint density at radius 1 is 1.14 bits per heavy atom. The van der Waals surface area contributed by atoms with Crippen LogP contribution in [0.25, 0.3) is 10.8 Å². The molecule has 0 bridgehead atoms. The third kappa shape index (κ3) is 2.61. The Morgan fingerprint density at radius 2 is 1.95 bits per heavy atom. The lowest BCUT2D eigenvalue weighted by atomic mass is 10.0. The lowest BCUT2D eigenvalue weighted by molar-refractivity contribution is -0.117. The average Bonchev–Trinajstić information content (AvgIpc) is 2.62. The third-order valence-electron chi connectivity index (χ3n) is 3.65. The highest BCUT2D eigenvalue weighted by atomic mass is 32.2. The Bertz CT molecular complexity index is 714. The molecule has 21 heavy (non-hydrogen) atoms. The fourth-order valence-electron chi connectivity index (χ4n) is 2.55. The van der Waals surface area contributed by atoms with E-state index in [0.29, 0.717) is 17.7 Å². The van der Waals surface area contributed by atoms with Crippen molar-refractivity contribution in [1.29, 1.82) is 0 Å². The van der Waals surface area contributed by atoms with E-state index in [1.165, 1.54) is 0 Å². The van der Waals surface area contributed by atoms with E-state index in [2.05, 4.69) is 10.6 Å². The van der Waals surface area contributed by atoms with Crippen LogP contribution in [-0.2, 0) is 4.79 Å². The molecule has 0 saturated carbocycles. The molecule has 108 valence electrons. The fraction of sp³-hybridized carbons (Fsp3) is 0.250. The van der Waals surface area contributed by atoms with Gasteiger partial charge in [-0.2, -0.15) is 11.8 Å². The van der Waals surface area contributed by atoms with E-state index in [9.17, 15) is 9.59 Å². The second-order valence-corrected chi connectivity index (χ2v) is 5.99. The second-order valence-electron chi connectivity index (χ2n) is 5.01. The number of amides is 2. The SMILES string of the molecule is CSCCC1NC(=O)c2ccc3ccccc3c2NC1=O. The molecule has 2 aromatic rings. The summed E-state index contributed by atoms with van der Waals surface area (Å²) in [6.45, 7) is 0. The number of rotatable bonds is 3. The Morgan fingerprint density at radius 3 is 2.76 bits per heavy atom. The molecule has 0 aromatic heterocycles. The molecular formula is C16H16N2O2S. The predicted octanol–water partition coefficient (Wildman–Crippen LogP) is 2.64. The van der Waals surface area contributed by atoms with Crippen LogP contribution in [0.5, 0.6) is 0 Å². The minimum Gasteiger partial charge on any atom is -0.340 e. The van der Waals surface area contributed by atoms with Crippen molar-refractivity contribution in [1.82, 2.24) is 5.32 Å². The predicted molar refractivity (Wildman–Crippen MR) is 86.8 cm³/mol. The topological polar surface area (TPSA) is 58.2 Å². The molecule has 0 spiro atoms. The van der Waals surface area contributed by atoms with Crippen LogP contribution in [0.1, 0.15) is 16.8 Å².